The van der Waals surface area contributed by atoms with E-state index in [9.17, 15) is 5.11 Å². The molecular weight excluding hydrogens is 248 g/mol. The van der Waals surface area contributed by atoms with Crippen LogP contribution in [0.15, 0.2) is 18.2 Å². The summed E-state index contributed by atoms with van der Waals surface area (Å²) in [6, 6.07) is 6.36. The van der Waals surface area contributed by atoms with Crippen LogP contribution in [0, 0.1) is 19.8 Å². The first kappa shape index (κ1) is 14.1. The van der Waals surface area contributed by atoms with Gasteiger partial charge in [-0.25, -0.2) is 0 Å². The largest absolute Gasteiger partial charge is 0.388 e. The molecule has 0 radical (unpaired) electrons. The Kier molecular flexibility index (Phi) is 3.87. The lowest BCUT2D eigenvalue weighted by Crippen LogP contribution is -2.39. The second-order valence-electron chi connectivity index (χ2n) is 6.78. The smallest absolute Gasteiger partial charge is 0.0820 e. The highest BCUT2D eigenvalue weighted by Gasteiger charge is 2.41. The molecule has 1 aromatic rings. The van der Waals surface area contributed by atoms with Gasteiger partial charge in [0.05, 0.1) is 11.7 Å². The topological polar surface area (TPSA) is 29.5 Å². The van der Waals surface area contributed by atoms with Crippen molar-refractivity contribution in [2.75, 3.05) is 6.61 Å². The fourth-order valence-electron chi connectivity index (χ4n) is 3.92. The molecule has 1 N–H and O–H groups in total. The van der Waals surface area contributed by atoms with Crippen LogP contribution in [0.4, 0.5) is 0 Å². The molecule has 1 spiro atoms. The first-order chi connectivity index (χ1) is 9.60. The Hall–Kier alpha value is -0.860. The van der Waals surface area contributed by atoms with Crippen molar-refractivity contribution in [2.24, 2.45) is 5.92 Å². The average Bonchev–Trinajstić information content (AvgIpc) is 2.89. The van der Waals surface area contributed by atoms with Crippen molar-refractivity contribution in [1.29, 1.82) is 0 Å². The molecular formula is C18H26O2. The van der Waals surface area contributed by atoms with Gasteiger partial charge in [-0.1, -0.05) is 31.0 Å². The monoisotopic (exact) mass is 274 g/mol. The van der Waals surface area contributed by atoms with Crippen LogP contribution in [0.25, 0.3) is 0 Å². The van der Waals surface area contributed by atoms with Gasteiger partial charge >= 0.3 is 0 Å². The van der Waals surface area contributed by atoms with E-state index in [1.807, 2.05) is 0 Å². The quantitative estimate of drug-likeness (QED) is 0.880. The highest BCUT2D eigenvalue weighted by atomic mass is 16.5. The van der Waals surface area contributed by atoms with Gasteiger partial charge < -0.3 is 9.84 Å². The van der Waals surface area contributed by atoms with Crippen LogP contribution < -0.4 is 0 Å². The summed E-state index contributed by atoms with van der Waals surface area (Å²) < 4.78 is 6.07. The zero-order chi connectivity index (χ0) is 14.2. The summed E-state index contributed by atoms with van der Waals surface area (Å²) in [5, 5.41) is 10.7. The third kappa shape index (κ3) is 2.64. The number of aliphatic hydroxyl groups excluding tert-OH is 1. The molecule has 0 amide bonds. The highest BCUT2D eigenvalue weighted by Crippen LogP contribution is 2.45. The van der Waals surface area contributed by atoms with Crippen LogP contribution in [0.5, 0.6) is 0 Å². The van der Waals surface area contributed by atoms with Gasteiger partial charge in [-0.3, -0.25) is 0 Å². The molecule has 1 aliphatic heterocycles. The molecule has 2 unspecified atom stereocenters. The third-order valence-corrected chi connectivity index (χ3v) is 5.36. The molecule has 1 saturated carbocycles. The first-order valence-electron chi connectivity index (χ1n) is 7.99. The fraction of sp³-hybridized carbons (Fsp3) is 0.667. The third-order valence-electron chi connectivity index (χ3n) is 5.36. The van der Waals surface area contributed by atoms with Gasteiger partial charge in [0, 0.05) is 6.61 Å². The van der Waals surface area contributed by atoms with Crippen molar-refractivity contribution in [2.45, 2.75) is 64.1 Å². The molecule has 0 bridgehead atoms. The lowest BCUT2D eigenvalue weighted by Gasteiger charge is -2.40. The van der Waals surface area contributed by atoms with E-state index in [0.29, 0.717) is 5.92 Å². The van der Waals surface area contributed by atoms with Crippen molar-refractivity contribution in [3.05, 3.63) is 34.9 Å². The molecule has 20 heavy (non-hydrogen) atoms. The molecule has 1 aliphatic carbocycles. The van der Waals surface area contributed by atoms with Crippen LogP contribution in [-0.2, 0) is 4.74 Å². The molecule has 1 saturated heterocycles. The summed E-state index contributed by atoms with van der Waals surface area (Å²) in [5.41, 5.74) is 3.72. The normalized spacial score (nSPS) is 26.9. The summed E-state index contributed by atoms with van der Waals surface area (Å²) in [7, 11) is 0. The van der Waals surface area contributed by atoms with Gasteiger partial charge in [-0.15, -0.1) is 0 Å². The van der Waals surface area contributed by atoms with Crippen LogP contribution in [0.2, 0.25) is 0 Å². The Balaban J connectivity index is 1.75. The number of hydrogen-bond donors (Lipinski definition) is 1. The fourth-order valence-corrected chi connectivity index (χ4v) is 3.92. The number of rotatable bonds is 2. The molecule has 2 fully saturated rings. The zero-order valence-electron chi connectivity index (χ0n) is 12.7. The van der Waals surface area contributed by atoms with E-state index in [4.69, 9.17) is 4.74 Å². The summed E-state index contributed by atoms with van der Waals surface area (Å²) >= 11 is 0. The van der Waals surface area contributed by atoms with Crippen LogP contribution in [0.1, 0.15) is 61.3 Å². The summed E-state index contributed by atoms with van der Waals surface area (Å²) in [6.07, 6.45) is 6.61. The van der Waals surface area contributed by atoms with Gasteiger partial charge in [0.25, 0.3) is 0 Å². The summed E-state index contributed by atoms with van der Waals surface area (Å²) in [5.74, 6) is 0.351. The Morgan fingerprint density at radius 1 is 1.20 bits per heavy atom. The number of hydrogen-bond acceptors (Lipinski definition) is 2. The maximum absolute atomic E-state index is 10.7. The molecule has 3 rings (SSSR count). The Morgan fingerprint density at radius 3 is 2.65 bits per heavy atom. The van der Waals surface area contributed by atoms with E-state index in [1.54, 1.807) is 0 Å². The molecule has 2 nitrogen and oxygen atoms in total. The molecule has 2 heteroatoms. The minimum Gasteiger partial charge on any atom is -0.388 e. The van der Waals surface area contributed by atoms with E-state index in [0.717, 1.165) is 25.0 Å². The van der Waals surface area contributed by atoms with E-state index < -0.39 is 0 Å². The molecule has 2 aliphatic rings. The number of aryl methyl sites for hydroxylation is 2. The second-order valence-corrected chi connectivity index (χ2v) is 6.78. The summed E-state index contributed by atoms with van der Waals surface area (Å²) in [4.78, 5) is 0. The van der Waals surface area contributed by atoms with Crippen LogP contribution in [0.3, 0.4) is 0 Å². The predicted molar refractivity (Wildman–Crippen MR) is 80.8 cm³/mol. The molecule has 110 valence electrons. The van der Waals surface area contributed by atoms with Gasteiger partial charge in [0.15, 0.2) is 0 Å². The highest BCUT2D eigenvalue weighted by molar-refractivity contribution is 5.31. The van der Waals surface area contributed by atoms with Gasteiger partial charge in [0.2, 0.25) is 0 Å². The minimum atomic E-state index is -0.337. The SMILES string of the molecule is Cc1ccc(C(O)C2CCOC3(CCCC3)C2)cc1C. The number of ether oxygens (including phenoxy) is 1. The Bertz CT molecular complexity index is 474. The lowest BCUT2D eigenvalue weighted by molar-refractivity contribution is -0.113. The predicted octanol–water partition coefficient (Wildman–Crippen LogP) is 4.08. The van der Waals surface area contributed by atoms with Crippen molar-refractivity contribution < 1.29 is 9.84 Å². The van der Waals surface area contributed by atoms with Crippen molar-refractivity contribution in [1.82, 2.24) is 0 Å². The van der Waals surface area contributed by atoms with Crippen molar-refractivity contribution >= 4 is 0 Å². The van der Waals surface area contributed by atoms with E-state index in [2.05, 4.69) is 32.0 Å². The van der Waals surface area contributed by atoms with E-state index >= 15 is 0 Å². The molecule has 1 heterocycles. The van der Waals surface area contributed by atoms with E-state index in [-0.39, 0.29) is 11.7 Å². The Labute approximate surface area is 122 Å². The minimum absolute atomic E-state index is 0.0869. The first-order valence-corrected chi connectivity index (χ1v) is 7.99. The van der Waals surface area contributed by atoms with Crippen LogP contribution >= 0.6 is 0 Å². The van der Waals surface area contributed by atoms with Crippen molar-refractivity contribution in [3.63, 3.8) is 0 Å². The maximum atomic E-state index is 10.7. The maximum Gasteiger partial charge on any atom is 0.0820 e. The zero-order valence-corrected chi connectivity index (χ0v) is 12.7. The lowest BCUT2D eigenvalue weighted by atomic mass is 9.79. The second kappa shape index (κ2) is 5.50. The standard InChI is InChI=1S/C18H26O2/c1-13-5-6-15(11-14(13)2)17(19)16-7-10-20-18(12-16)8-3-4-9-18/h5-6,11,16-17,19H,3-4,7-10,12H2,1-2H3. The van der Waals surface area contributed by atoms with Gasteiger partial charge in [0.1, 0.15) is 0 Å². The molecule has 1 aromatic carbocycles. The van der Waals surface area contributed by atoms with Gasteiger partial charge in [-0.2, -0.15) is 0 Å². The number of aliphatic hydroxyl groups is 1. The van der Waals surface area contributed by atoms with Crippen molar-refractivity contribution in [3.8, 4) is 0 Å². The Morgan fingerprint density at radius 2 is 1.95 bits per heavy atom. The molecule has 0 aromatic heterocycles. The average molecular weight is 274 g/mol. The summed E-state index contributed by atoms with van der Waals surface area (Å²) in [6.45, 7) is 5.05. The van der Waals surface area contributed by atoms with Crippen LogP contribution in [-0.4, -0.2) is 17.3 Å². The van der Waals surface area contributed by atoms with Gasteiger partial charge in [-0.05, 0) is 62.1 Å². The van der Waals surface area contributed by atoms with E-state index in [1.165, 1.54) is 36.8 Å². The number of benzene rings is 1. The molecule has 2 atom stereocenters.